The Morgan fingerprint density at radius 3 is 2.82 bits per heavy atom. The van der Waals surface area contributed by atoms with Crippen LogP contribution in [0.5, 0.6) is 0 Å². The molecule has 3 rings (SSSR count). The van der Waals surface area contributed by atoms with Gasteiger partial charge in [-0.15, -0.1) is 0 Å². The number of fused-ring (bicyclic) bond motifs is 1. The lowest BCUT2D eigenvalue weighted by molar-refractivity contribution is -0.119. The standard InChI is InChI=1S/C17H22N4O/c1-3-6-13-10-21(11-16(13)19-12(2)22)17-9-18-14-7-4-5-8-15(14)20-17/h4-5,7-9,13,16H,3,6,10-11H2,1-2H3,(H,19,22)/t13-,16-/m1/s1. The molecular weight excluding hydrogens is 276 g/mol. The van der Waals surface area contributed by atoms with Gasteiger partial charge in [-0.25, -0.2) is 4.98 Å². The highest BCUT2D eigenvalue weighted by Gasteiger charge is 2.33. The number of aromatic nitrogens is 2. The number of hydrogen-bond donors (Lipinski definition) is 1. The number of hydrogen-bond acceptors (Lipinski definition) is 4. The number of benzene rings is 1. The van der Waals surface area contributed by atoms with E-state index in [4.69, 9.17) is 4.98 Å². The predicted molar refractivity (Wildman–Crippen MR) is 87.8 cm³/mol. The highest BCUT2D eigenvalue weighted by atomic mass is 16.1. The van der Waals surface area contributed by atoms with Crippen LogP contribution >= 0.6 is 0 Å². The molecule has 0 bridgehead atoms. The second kappa shape index (κ2) is 6.30. The number of carbonyl (C=O) groups excluding carboxylic acids is 1. The first-order valence-corrected chi connectivity index (χ1v) is 7.91. The van der Waals surface area contributed by atoms with Crippen molar-refractivity contribution in [2.75, 3.05) is 18.0 Å². The molecule has 1 aliphatic heterocycles. The topological polar surface area (TPSA) is 58.1 Å². The lowest BCUT2D eigenvalue weighted by Crippen LogP contribution is -2.39. The smallest absolute Gasteiger partial charge is 0.217 e. The first-order valence-electron chi connectivity index (χ1n) is 7.91. The van der Waals surface area contributed by atoms with Crippen molar-refractivity contribution in [3.8, 4) is 0 Å². The summed E-state index contributed by atoms with van der Waals surface area (Å²) in [4.78, 5) is 22.9. The molecular formula is C17H22N4O. The van der Waals surface area contributed by atoms with Crippen LogP contribution in [0.4, 0.5) is 5.82 Å². The van der Waals surface area contributed by atoms with Crippen molar-refractivity contribution in [3.63, 3.8) is 0 Å². The minimum atomic E-state index is 0.0394. The summed E-state index contributed by atoms with van der Waals surface area (Å²) in [5, 5.41) is 3.08. The van der Waals surface area contributed by atoms with Crippen molar-refractivity contribution < 1.29 is 4.79 Å². The average molecular weight is 298 g/mol. The first-order chi connectivity index (χ1) is 10.7. The fraction of sp³-hybridized carbons (Fsp3) is 0.471. The Morgan fingerprint density at radius 1 is 1.32 bits per heavy atom. The summed E-state index contributed by atoms with van der Waals surface area (Å²) in [6, 6.07) is 8.10. The molecule has 1 aromatic carbocycles. The van der Waals surface area contributed by atoms with E-state index in [1.807, 2.05) is 30.5 Å². The molecule has 0 unspecified atom stereocenters. The third kappa shape index (κ3) is 3.03. The van der Waals surface area contributed by atoms with Gasteiger partial charge in [0.25, 0.3) is 0 Å². The van der Waals surface area contributed by atoms with Gasteiger partial charge in [-0.1, -0.05) is 25.5 Å². The van der Waals surface area contributed by atoms with E-state index in [9.17, 15) is 4.79 Å². The number of anilines is 1. The molecule has 1 N–H and O–H groups in total. The van der Waals surface area contributed by atoms with Crippen LogP contribution in [0.1, 0.15) is 26.7 Å². The van der Waals surface area contributed by atoms with E-state index in [0.29, 0.717) is 5.92 Å². The fourth-order valence-electron chi connectivity index (χ4n) is 3.25. The van der Waals surface area contributed by atoms with Crippen LogP contribution in [-0.2, 0) is 4.79 Å². The maximum absolute atomic E-state index is 11.4. The van der Waals surface area contributed by atoms with E-state index >= 15 is 0 Å². The highest BCUT2D eigenvalue weighted by Crippen LogP contribution is 2.26. The van der Waals surface area contributed by atoms with Gasteiger partial charge in [0.15, 0.2) is 0 Å². The molecule has 5 heteroatoms. The van der Waals surface area contributed by atoms with Crippen molar-refractivity contribution in [1.29, 1.82) is 0 Å². The monoisotopic (exact) mass is 298 g/mol. The highest BCUT2D eigenvalue weighted by molar-refractivity contribution is 5.75. The molecule has 1 aliphatic rings. The quantitative estimate of drug-likeness (QED) is 0.941. The second-order valence-electron chi connectivity index (χ2n) is 5.98. The molecule has 1 fully saturated rings. The van der Waals surface area contributed by atoms with Gasteiger partial charge in [0.05, 0.1) is 23.3 Å². The van der Waals surface area contributed by atoms with Crippen molar-refractivity contribution in [2.45, 2.75) is 32.7 Å². The van der Waals surface area contributed by atoms with Crippen LogP contribution in [0.25, 0.3) is 11.0 Å². The summed E-state index contributed by atoms with van der Waals surface area (Å²) >= 11 is 0. The largest absolute Gasteiger partial charge is 0.353 e. The Morgan fingerprint density at radius 2 is 2.09 bits per heavy atom. The van der Waals surface area contributed by atoms with Crippen LogP contribution < -0.4 is 10.2 Å². The third-order valence-corrected chi connectivity index (χ3v) is 4.25. The van der Waals surface area contributed by atoms with Crippen LogP contribution in [0.3, 0.4) is 0 Å². The molecule has 1 aromatic heterocycles. The van der Waals surface area contributed by atoms with Gasteiger partial charge >= 0.3 is 0 Å². The van der Waals surface area contributed by atoms with Crippen LogP contribution in [0.2, 0.25) is 0 Å². The molecule has 0 radical (unpaired) electrons. The number of rotatable bonds is 4. The minimum absolute atomic E-state index is 0.0394. The summed E-state index contributed by atoms with van der Waals surface area (Å²) < 4.78 is 0. The molecule has 116 valence electrons. The fourth-order valence-corrected chi connectivity index (χ4v) is 3.25. The van der Waals surface area contributed by atoms with E-state index in [1.54, 1.807) is 6.92 Å². The van der Waals surface area contributed by atoms with Crippen LogP contribution in [-0.4, -0.2) is 35.0 Å². The van der Waals surface area contributed by atoms with Gasteiger partial charge < -0.3 is 10.2 Å². The number of para-hydroxylation sites is 2. The zero-order chi connectivity index (χ0) is 15.5. The zero-order valence-electron chi connectivity index (χ0n) is 13.1. The Kier molecular flexibility index (Phi) is 4.22. The molecule has 0 spiro atoms. The zero-order valence-corrected chi connectivity index (χ0v) is 13.1. The number of carbonyl (C=O) groups is 1. The molecule has 1 amide bonds. The number of nitrogens with one attached hydrogen (secondary N) is 1. The lowest BCUT2D eigenvalue weighted by Gasteiger charge is -2.17. The predicted octanol–water partition coefficient (Wildman–Crippen LogP) is 2.37. The first kappa shape index (κ1) is 14.8. The minimum Gasteiger partial charge on any atom is -0.353 e. The molecule has 1 saturated heterocycles. The lowest BCUT2D eigenvalue weighted by atomic mass is 9.98. The molecule has 2 aromatic rings. The van der Waals surface area contributed by atoms with Gasteiger partial charge in [-0.2, -0.15) is 0 Å². The molecule has 0 aliphatic carbocycles. The van der Waals surface area contributed by atoms with E-state index in [0.717, 1.165) is 42.8 Å². The summed E-state index contributed by atoms with van der Waals surface area (Å²) in [5.41, 5.74) is 1.82. The average Bonchev–Trinajstić information content (AvgIpc) is 2.89. The Balaban J connectivity index is 1.82. The summed E-state index contributed by atoms with van der Waals surface area (Å²) in [6.07, 6.45) is 4.07. The van der Waals surface area contributed by atoms with Crippen molar-refractivity contribution in [1.82, 2.24) is 15.3 Å². The summed E-state index contributed by atoms with van der Waals surface area (Å²) in [5.74, 6) is 1.41. The molecule has 22 heavy (non-hydrogen) atoms. The van der Waals surface area contributed by atoms with Crippen molar-refractivity contribution >= 4 is 22.8 Å². The molecule has 2 heterocycles. The third-order valence-electron chi connectivity index (χ3n) is 4.25. The SMILES string of the molecule is CCC[C@@H]1CN(c2cnc3ccccc3n2)C[C@H]1NC(C)=O. The Hall–Kier alpha value is -2.17. The molecule has 0 saturated carbocycles. The van der Waals surface area contributed by atoms with Crippen LogP contribution in [0.15, 0.2) is 30.5 Å². The van der Waals surface area contributed by atoms with Gasteiger partial charge in [0.2, 0.25) is 5.91 Å². The van der Waals surface area contributed by atoms with E-state index in [1.165, 1.54) is 0 Å². The summed E-state index contributed by atoms with van der Waals surface area (Å²) in [7, 11) is 0. The maximum atomic E-state index is 11.4. The van der Waals surface area contributed by atoms with Gasteiger partial charge in [0.1, 0.15) is 5.82 Å². The Bertz CT molecular complexity index is 673. The van der Waals surface area contributed by atoms with E-state index in [-0.39, 0.29) is 11.9 Å². The van der Waals surface area contributed by atoms with Crippen molar-refractivity contribution in [2.24, 2.45) is 5.92 Å². The van der Waals surface area contributed by atoms with Crippen LogP contribution in [0, 0.1) is 5.92 Å². The second-order valence-corrected chi connectivity index (χ2v) is 5.98. The summed E-state index contributed by atoms with van der Waals surface area (Å²) in [6.45, 7) is 5.49. The van der Waals surface area contributed by atoms with Crippen molar-refractivity contribution in [3.05, 3.63) is 30.5 Å². The van der Waals surface area contributed by atoms with E-state index < -0.39 is 0 Å². The van der Waals surface area contributed by atoms with Gasteiger partial charge in [-0.05, 0) is 24.5 Å². The van der Waals surface area contributed by atoms with Gasteiger partial charge in [-0.3, -0.25) is 9.78 Å². The van der Waals surface area contributed by atoms with E-state index in [2.05, 4.69) is 22.1 Å². The normalized spacial score (nSPS) is 21.3. The van der Waals surface area contributed by atoms with Gasteiger partial charge in [0, 0.05) is 20.0 Å². The Labute approximate surface area is 130 Å². The number of nitrogens with zero attached hydrogens (tertiary/aromatic N) is 3. The molecule has 5 nitrogen and oxygen atoms in total. The molecule has 2 atom stereocenters. The maximum Gasteiger partial charge on any atom is 0.217 e. The number of amides is 1.